The van der Waals surface area contributed by atoms with Crippen LogP contribution in [0.2, 0.25) is 6.82 Å². The van der Waals surface area contributed by atoms with Gasteiger partial charge < -0.3 is 0 Å². The molecule has 0 N–H and O–H groups in total. The molecule has 0 nitrogen and oxygen atoms in total. The molecule has 0 heterocycles. The number of rotatable bonds is 1. The van der Waals surface area contributed by atoms with Gasteiger partial charge in [-0.2, -0.15) is 0 Å². The van der Waals surface area contributed by atoms with Crippen molar-refractivity contribution >= 4 is 12.7 Å². The van der Waals surface area contributed by atoms with Gasteiger partial charge in [-0.15, -0.1) is 0 Å². The number of aryl methyl sites for hydroxylation is 1. The lowest BCUT2D eigenvalue weighted by molar-refractivity contribution is 1.49. The van der Waals surface area contributed by atoms with Crippen molar-refractivity contribution in [3.8, 4) is 0 Å². The minimum Gasteiger partial charge on any atom is -0.0878 e. The molecule has 0 aliphatic carbocycles. The van der Waals surface area contributed by atoms with Gasteiger partial charge in [-0.05, 0) is 6.92 Å². The summed E-state index contributed by atoms with van der Waals surface area (Å²) in [7, 11) is 2.10. The molecule has 0 aliphatic rings. The fraction of sp³-hybridized carbons (Fsp3) is 0.250. The van der Waals surface area contributed by atoms with Crippen molar-refractivity contribution in [2.75, 3.05) is 0 Å². The molecule has 0 bridgehead atoms. The molecule has 1 radical (unpaired) electrons. The molecule has 1 rings (SSSR count). The van der Waals surface area contributed by atoms with E-state index >= 15 is 0 Å². The van der Waals surface area contributed by atoms with Crippen LogP contribution in [0, 0.1) is 6.92 Å². The Bertz CT molecular complexity index is 194. The quantitative estimate of drug-likeness (QED) is 0.487. The summed E-state index contributed by atoms with van der Waals surface area (Å²) in [6.07, 6.45) is 0. The van der Waals surface area contributed by atoms with Gasteiger partial charge in [0.1, 0.15) is 7.28 Å². The first-order valence-corrected chi connectivity index (χ1v) is 3.19. The molecular formula is C8H10B. The highest BCUT2D eigenvalue weighted by Crippen LogP contribution is 1.91. The van der Waals surface area contributed by atoms with Crippen molar-refractivity contribution < 1.29 is 0 Å². The number of benzene rings is 1. The summed E-state index contributed by atoms with van der Waals surface area (Å²) in [4.78, 5) is 0. The molecule has 1 aromatic rings. The Morgan fingerprint density at radius 2 is 2.11 bits per heavy atom. The van der Waals surface area contributed by atoms with Crippen LogP contribution in [0.3, 0.4) is 0 Å². The van der Waals surface area contributed by atoms with E-state index in [1.807, 2.05) is 0 Å². The molecule has 9 heavy (non-hydrogen) atoms. The van der Waals surface area contributed by atoms with Gasteiger partial charge in [-0.1, -0.05) is 42.1 Å². The Morgan fingerprint density at radius 3 is 2.56 bits per heavy atom. The van der Waals surface area contributed by atoms with E-state index in [2.05, 4.69) is 45.3 Å². The second-order valence-electron chi connectivity index (χ2n) is 2.20. The van der Waals surface area contributed by atoms with E-state index in [1.54, 1.807) is 0 Å². The monoisotopic (exact) mass is 117 g/mol. The van der Waals surface area contributed by atoms with Gasteiger partial charge in [0.15, 0.2) is 0 Å². The highest BCUT2D eigenvalue weighted by Gasteiger charge is 1.87. The van der Waals surface area contributed by atoms with Crippen LogP contribution < -0.4 is 5.46 Å². The largest absolute Gasteiger partial charge is 0.148 e. The highest BCUT2D eigenvalue weighted by molar-refractivity contribution is 6.51. The average molecular weight is 117 g/mol. The molecule has 0 fully saturated rings. The molecule has 0 saturated heterocycles. The van der Waals surface area contributed by atoms with Gasteiger partial charge in [0, 0.05) is 0 Å². The number of hydrogen-bond donors (Lipinski definition) is 0. The summed E-state index contributed by atoms with van der Waals surface area (Å²) in [6.45, 7) is 4.15. The zero-order valence-corrected chi connectivity index (χ0v) is 5.89. The SMILES string of the molecule is C[B]c1cccc(C)c1. The molecule has 0 unspecified atom stereocenters. The van der Waals surface area contributed by atoms with Crippen molar-refractivity contribution in [3.05, 3.63) is 29.8 Å². The van der Waals surface area contributed by atoms with Crippen LogP contribution >= 0.6 is 0 Å². The predicted molar refractivity (Wildman–Crippen MR) is 42.4 cm³/mol. The van der Waals surface area contributed by atoms with Gasteiger partial charge in [-0.3, -0.25) is 0 Å². The molecule has 1 aromatic carbocycles. The van der Waals surface area contributed by atoms with Crippen LogP contribution in [-0.4, -0.2) is 7.28 Å². The third kappa shape index (κ3) is 1.60. The summed E-state index contributed by atoms with van der Waals surface area (Å²) >= 11 is 0. The van der Waals surface area contributed by atoms with Crippen molar-refractivity contribution in [3.63, 3.8) is 0 Å². The normalized spacial score (nSPS) is 9.11. The van der Waals surface area contributed by atoms with E-state index in [1.165, 1.54) is 11.0 Å². The Morgan fingerprint density at radius 1 is 1.33 bits per heavy atom. The lowest BCUT2D eigenvalue weighted by Gasteiger charge is -1.94. The van der Waals surface area contributed by atoms with Crippen LogP contribution in [0.1, 0.15) is 5.56 Å². The molecule has 0 aromatic heterocycles. The fourth-order valence-electron chi connectivity index (χ4n) is 0.850. The van der Waals surface area contributed by atoms with Crippen molar-refractivity contribution in [2.45, 2.75) is 13.7 Å². The zero-order chi connectivity index (χ0) is 6.69. The van der Waals surface area contributed by atoms with Crippen LogP contribution in [0.4, 0.5) is 0 Å². The first-order valence-electron chi connectivity index (χ1n) is 3.19. The Labute approximate surface area is 57.1 Å². The van der Waals surface area contributed by atoms with E-state index in [0.717, 1.165) is 0 Å². The molecular weight excluding hydrogens is 107 g/mol. The molecule has 1 heteroatoms. The maximum Gasteiger partial charge on any atom is 0.148 e. The van der Waals surface area contributed by atoms with Crippen molar-refractivity contribution in [1.82, 2.24) is 0 Å². The summed E-state index contributed by atoms with van der Waals surface area (Å²) in [6, 6.07) is 8.45. The third-order valence-corrected chi connectivity index (χ3v) is 1.38. The zero-order valence-electron chi connectivity index (χ0n) is 5.89. The van der Waals surface area contributed by atoms with Crippen LogP contribution in [0.15, 0.2) is 24.3 Å². The van der Waals surface area contributed by atoms with E-state index in [-0.39, 0.29) is 0 Å². The highest BCUT2D eigenvalue weighted by atomic mass is 13.8. The molecule has 45 valence electrons. The minimum atomic E-state index is 1.30. The van der Waals surface area contributed by atoms with Crippen molar-refractivity contribution in [2.24, 2.45) is 0 Å². The molecule has 0 spiro atoms. The van der Waals surface area contributed by atoms with Gasteiger partial charge >= 0.3 is 0 Å². The van der Waals surface area contributed by atoms with Crippen LogP contribution in [0.5, 0.6) is 0 Å². The van der Waals surface area contributed by atoms with E-state index in [4.69, 9.17) is 0 Å². The lowest BCUT2D eigenvalue weighted by atomic mass is 9.73. The van der Waals surface area contributed by atoms with Gasteiger partial charge in [0.2, 0.25) is 0 Å². The van der Waals surface area contributed by atoms with Crippen molar-refractivity contribution in [1.29, 1.82) is 0 Å². The predicted octanol–water partition coefficient (Wildman–Crippen LogP) is 1.37. The first-order chi connectivity index (χ1) is 4.33. The topological polar surface area (TPSA) is 0 Å². The standard InChI is InChI=1S/C8H10B/c1-7-4-3-5-8(6-7)9-2/h3-6H,1-2H3. The summed E-state index contributed by atoms with van der Waals surface area (Å²) in [5.41, 5.74) is 2.63. The van der Waals surface area contributed by atoms with Gasteiger partial charge in [0.25, 0.3) is 0 Å². The number of hydrogen-bond acceptors (Lipinski definition) is 0. The molecule has 0 saturated carbocycles. The smallest absolute Gasteiger partial charge is 0.0878 e. The Balaban J connectivity index is 2.94. The van der Waals surface area contributed by atoms with E-state index in [0.29, 0.717) is 0 Å². The summed E-state index contributed by atoms with van der Waals surface area (Å²) in [5, 5.41) is 0. The Kier molecular flexibility index (Phi) is 1.94. The fourth-order valence-corrected chi connectivity index (χ4v) is 0.850. The first kappa shape index (κ1) is 6.41. The van der Waals surface area contributed by atoms with E-state index < -0.39 is 0 Å². The third-order valence-electron chi connectivity index (χ3n) is 1.38. The van der Waals surface area contributed by atoms with Gasteiger partial charge in [-0.25, -0.2) is 0 Å². The van der Waals surface area contributed by atoms with Crippen LogP contribution in [0.25, 0.3) is 0 Å². The molecule has 0 aliphatic heterocycles. The molecule has 0 atom stereocenters. The Hall–Kier alpha value is -0.715. The lowest BCUT2D eigenvalue weighted by Crippen LogP contribution is -2.09. The average Bonchev–Trinajstić information content (AvgIpc) is 1.88. The second kappa shape index (κ2) is 2.72. The maximum atomic E-state index is 2.17. The maximum absolute atomic E-state index is 2.17. The summed E-state index contributed by atoms with van der Waals surface area (Å²) < 4.78 is 0. The van der Waals surface area contributed by atoms with Crippen LogP contribution in [-0.2, 0) is 0 Å². The van der Waals surface area contributed by atoms with E-state index in [9.17, 15) is 0 Å². The second-order valence-corrected chi connectivity index (χ2v) is 2.20. The minimum absolute atomic E-state index is 1.30. The molecule has 0 amide bonds. The summed E-state index contributed by atoms with van der Waals surface area (Å²) in [5.74, 6) is 0. The van der Waals surface area contributed by atoms with Gasteiger partial charge in [0.05, 0.1) is 0 Å².